The van der Waals surface area contributed by atoms with Crippen LogP contribution in [-0.4, -0.2) is 25.9 Å². The van der Waals surface area contributed by atoms with Crippen molar-refractivity contribution in [2.75, 3.05) is 11.9 Å². The molecular formula is C27H31FN6O. The van der Waals surface area contributed by atoms with Crippen molar-refractivity contribution in [3.05, 3.63) is 76.0 Å². The molecular weight excluding hydrogens is 443 g/mol. The van der Waals surface area contributed by atoms with Gasteiger partial charge in [-0.1, -0.05) is 6.07 Å². The van der Waals surface area contributed by atoms with Crippen molar-refractivity contribution in [3.8, 4) is 5.69 Å². The fourth-order valence-electron chi connectivity index (χ4n) is 4.89. The lowest BCUT2D eigenvalue weighted by molar-refractivity contribution is 0.214. The lowest BCUT2D eigenvalue weighted by Gasteiger charge is -2.34. The number of fused-ring (bicyclic) bond motifs is 2. The van der Waals surface area contributed by atoms with Crippen molar-refractivity contribution in [2.45, 2.75) is 58.8 Å². The molecule has 0 spiro atoms. The maximum atomic E-state index is 14.6. The zero-order chi connectivity index (χ0) is 25.0. The van der Waals surface area contributed by atoms with Crippen molar-refractivity contribution < 1.29 is 4.39 Å². The SMILES string of the molecule is CCn1c(=O)c2cnc(Nc3ccc4c(c3)CCNC4(C)C)cc2n1-c1ccnc(C(C)(C)F)c1. The smallest absolute Gasteiger partial charge is 0.276 e. The van der Waals surface area contributed by atoms with E-state index < -0.39 is 5.67 Å². The molecule has 0 amide bonds. The van der Waals surface area contributed by atoms with Crippen LogP contribution in [-0.2, 0) is 24.2 Å². The van der Waals surface area contributed by atoms with Gasteiger partial charge in [0.15, 0.2) is 0 Å². The molecule has 0 fully saturated rings. The number of nitrogens with one attached hydrogen (secondary N) is 2. The van der Waals surface area contributed by atoms with Gasteiger partial charge in [-0.2, -0.15) is 0 Å². The van der Waals surface area contributed by atoms with Gasteiger partial charge in [-0.05, 0) is 83.0 Å². The maximum Gasteiger partial charge on any atom is 0.276 e. The van der Waals surface area contributed by atoms with Gasteiger partial charge in [0, 0.05) is 36.2 Å². The summed E-state index contributed by atoms with van der Waals surface area (Å²) < 4.78 is 18.1. The van der Waals surface area contributed by atoms with E-state index in [0.29, 0.717) is 34.6 Å². The minimum Gasteiger partial charge on any atom is -0.340 e. The Balaban J connectivity index is 1.59. The molecule has 4 heterocycles. The van der Waals surface area contributed by atoms with Crippen molar-refractivity contribution >= 4 is 22.4 Å². The van der Waals surface area contributed by atoms with Crippen LogP contribution in [0.4, 0.5) is 15.9 Å². The van der Waals surface area contributed by atoms with E-state index >= 15 is 0 Å². The number of rotatable bonds is 5. The molecule has 1 aliphatic rings. The number of alkyl halides is 1. The first-order valence-corrected chi connectivity index (χ1v) is 12.0. The summed E-state index contributed by atoms with van der Waals surface area (Å²) in [6, 6.07) is 11.7. The Morgan fingerprint density at radius 3 is 2.71 bits per heavy atom. The lowest BCUT2D eigenvalue weighted by atomic mass is 9.85. The number of anilines is 2. The van der Waals surface area contributed by atoms with Gasteiger partial charge in [0.2, 0.25) is 0 Å². The van der Waals surface area contributed by atoms with Gasteiger partial charge in [0.1, 0.15) is 11.5 Å². The highest BCUT2D eigenvalue weighted by molar-refractivity contribution is 5.82. The Morgan fingerprint density at radius 1 is 1.17 bits per heavy atom. The third-order valence-electron chi connectivity index (χ3n) is 6.73. The van der Waals surface area contributed by atoms with E-state index in [2.05, 4.69) is 52.6 Å². The van der Waals surface area contributed by atoms with Gasteiger partial charge in [-0.15, -0.1) is 0 Å². The van der Waals surface area contributed by atoms with E-state index in [1.807, 2.05) is 17.7 Å². The molecule has 7 nitrogen and oxygen atoms in total. The largest absolute Gasteiger partial charge is 0.340 e. The molecule has 4 aromatic rings. The number of nitrogens with zero attached hydrogens (tertiary/aromatic N) is 4. The predicted octanol–water partition coefficient (Wildman–Crippen LogP) is 4.93. The Kier molecular flexibility index (Phi) is 5.51. The number of benzene rings is 1. The number of hydrogen-bond donors (Lipinski definition) is 2. The Labute approximate surface area is 204 Å². The number of pyridine rings is 2. The number of aromatic nitrogens is 4. The van der Waals surface area contributed by atoms with Crippen LogP contribution in [0.15, 0.2) is 53.6 Å². The van der Waals surface area contributed by atoms with Gasteiger partial charge in [-0.25, -0.2) is 18.7 Å². The summed E-state index contributed by atoms with van der Waals surface area (Å²) in [5.74, 6) is 0.632. The van der Waals surface area contributed by atoms with Gasteiger partial charge in [0.25, 0.3) is 5.56 Å². The van der Waals surface area contributed by atoms with Crippen LogP contribution in [0, 0.1) is 0 Å². The van der Waals surface area contributed by atoms with Crippen LogP contribution in [0.2, 0.25) is 0 Å². The average Bonchev–Trinajstić information content (AvgIpc) is 3.09. The highest BCUT2D eigenvalue weighted by Gasteiger charge is 2.27. The molecule has 0 bridgehead atoms. The fourth-order valence-corrected chi connectivity index (χ4v) is 4.89. The Hall–Kier alpha value is -3.52. The van der Waals surface area contributed by atoms with Crippen molar-refractivity contribution in [1.82, 2.24) is 24.6 Å². The standard InChI is InChI=1S/C27H31FN6O/c1-6-33-25(35)20-16-30-24(32-18-7-8-21-17(13-18)9-12-31-27(21,4)5)15-22(20)34(33)19-10-11-29-23(14-19)26(2,3)28/h7-8,10-11,13-16,31H,6,9,12H2,1-5H3,(H,30,32). The maximum absolute atomic E-state index is 14.6. The van der Waals surface area contributed by atoms with Gasteiger partial charge < -0.3 is 10.6 Å². The average molecular weight is 475 g/mol. The third kappa shape index (κ3) is 4.12. The molecule has 1 aliphatic heterocycles. The summed E-state index contributed by atoms with van der Waals surface area (Å²) in [6.45, 7) is 10.6. The summed E-state index contributed by atoms with van der Waals surface area (Å²) >= 11 is 0. The summed E-state index contributed by atoms with van der Waals surface area (Å²) in [5.41, 5.74) is 3.46. The minimum absolute atomic E-state index is 0.0556. The molecule has 0 atom stereocenters. The number of halogens is 1. The predicted molar refractivity (Wildman–Crippen MR) is 137 cm³/mol. The molecule has 2 N–H and O–H groups in total. The lowest BCUT2D eigenvalue weighted by Crippen LogP contribution is -2.42. The Morgan fingerprint density at radius 2 is 1.97 bits per heavy atom. The van der Waals surface area contributed by atoms with E-state index in [-0.39, 0.29) is 11.1 Å². The zero-order valence-electron chi connectivity index (χ0n) is 20.8. The second-order valence-electron chi connectivity index (χ2n) is 10.1. The number of hydrogen-bond acceptors (Lipinski definition) is 5. The topological polar surface area (TPSA) is 76.8 Å². The van der Waals surface area contributed by atoms with Crippen LogP contribution in [0.3, 0.4) is 0 Å². The molecule has 3 aromatic heterocycles. The summed E-state index contributed by atoms with van der Waals surface area (Å²) in [7, 11) is 0. The van der Waals surface area contributed by atoms with Crippen LogP contribution in [0.1, 0.15) is 51.4 Å². The molecule has 0 unspecified atom stereocenters. The van der Waals surface area contributed by atoms with Gasteiger partial charge in [-0.3, -0.25) is 9.78 Å². The molecule has 0 aliphatic carbocycles. The highest BCUT2D eigenvalue weighted by atomic mass is 19.1. The van der Waals surface area contributed by atoms with Crippen LogP contribution in [0.25, 0.3) is 16.6 Å². The van der Waals surface area contributed by atoms with Gasteiger partial charge in [0.05, 0.1) is 22.3 Å². The first-order valence-electron chi connectivity index (χ1n) is 12.0. The Bertz CT molecular complexity index is 1480. The normalized spacial score (nSPS) is 15.3. The molecule has 35 heavy (non-hydrogen) atoms. The van der Waals surface area contributed by atoms with Crippen LogP contribution >= 0.6 is 0 Å². The molecule has 0 saturated heterocycles. The zero-order valence-corrected chi connectivity index (χ0v) is 20.8. The van der Waals surface area contributed by atoms with E-state index in [1.54, 1.807) is 29.2 Å². The molecule has 0 radical (unpaired) electrons. The molecule has 182 valence electrons. The second kappa shape index (κ2) is 8.30. The minimum atomic E-state index is -1.60. The summed E-state index contributed by atoms with van der Waals surface area (Å²) in [6.07, 6.45) is 4.15. The third-order valence-corrected chi connectivity index (χ3v) is 6.73. The first-order chi connectivity index (χ1) is 16.6. The van der Waals surface area contributed by atoms with Crippen molar-refractivity contribution in [2.24, 2.45) is 0 Å². The van der Waals surface area contributed by atoms with Crippen LogP contribution < -0.4 is 16.2 Å². The first kappa shape index (κ1) is 23.2. The van der Waals surface area contributed by atoms with Crippen molar-refractivity contribution in [3.63, 3.8) is 0 Å². The quantitative estimate of drug-likeness (QED) is 0.429. The molecule has 8 heteroatoms. The van der Waals surface area contributed by atoms with Gasteiger partial charge >= 0.3 is 0 Å². The molecule has 5 rings (SSSR count). The van der Waals surface area contributed by atoms with Crippen LogP contribution in [0.5, 0.6) is 0 Å². The summed E-state index contributed by atoms with van der Waals surface area (Å²) in [4.78, 5) is 21.8. The monoisotopic (exact) mass is 474 g/mol. The fraction of sp³-hybridized carbons (Fsp3) is 0.370. The molecule has 0 saturated carbocycles. The molecule has 1 aromatic carbocycles. The van der Waals surface area contributed by atoms with E-state index in [4.69, 9.17) is 0 Å². The van der Waals surface area contributed by atoms with E-state index in [0.717, 1.165) is 18.7 Å². The van der Waals surface area contributed by atoms with Crippen molar-refractivity contribution in [1.29, 1.82) is 0 Å². The highest BCUT2D eigenvalue weighted by Crippen LogP contribution is 2.31. The van der Waals surface area contributed by atoms with E-state index in [9.17, 15) is 9.18 Å². The second-order valence-corrected chi connectivity index (χ2v) is 10.1. The summed E-state index contributed by atoms with van der Waals surface area (Å²) in [5, 5.41) is 7.47. The van der Waals surface area contributed by atoms with E-state index in [1.165, 1.54) is 25.0 Å².